The number of ketones is 1. The molecule has 0 atom stereocenters. The lowest BCUT2D eigenvalue weighted by atomic mass is 9.95. The molecule has 1 aromatic heterocycles. The van der Waals surface area contributed by atoms with Crippen molar-refractivity contribution < 1.29 is 18.8 Å². The van der Waals surface area contributed by atoms with E-state index in [1.54, 1.807) is 24.3 Å². The Morgan fingerprint density at radius 1 is 1.24 bits per heavy atom. The highest BCUT2D eigenvalue weighted by Gasteiger charge is 2.29. The van der Waals surface area contributed by atoms with Crippen LogP contribution in [0.15, 0.2) is 39.4 Å². The lowest BCUT2D eigenvalue weighted by molar-refractivity contribution is -0.127. The summed E-state index contributed by atoms with van der Waals surface area (Å²) in [5.74, 6) is -0.761. The van der Waals surface area contributed by atoms with E-state index in [-0.39, 0.29) is 23.9 Å². The molecule has 0 unspecified atom stereocenters. The molecule has 6 heteroatoms. The van der Waals surface area contributed by atoms with E-state index in [0.717, 1.165) is 4.90 Å². The molecular formula is C15H10BrNO4. The SMILES string of the molecule is CN1C(=O)Cc2ccc(C(=O)c3ccc(Br)o3)cc2C1=O. The maximum absolute atomic E-state index is 12.3. The first-order chi connectivity index (χ1) is 9.97. The highest BCUT2D eigenvalue weighted by Crippen LogP contribution is 2.23. The van der Waals surface area contributed by atoms with Gasteiger partial charge in [0.25, 0.3) is 5.91 Å². The number of carbonyl (C=O) groups is 3. The van der Waals surface area contributed by atoms with Crippen LogP contribution in [-0.4, -0.2) is 29.5 Å². The molecule has 0 aliphatic carbocycles. The average Bonchev–Trinajstić information content (AvgIpc) is 2.90. The molecule has 21 heavy (non-hydrogen) atoms. The summed E-state index contributed by atoms with van der Waals surface area (Å²) in [7, 11) is 1.44. The Bertz CT molecular complexity index is 778. The zero-order chi connectivity index (χ0) is 15.1. The molecule has 3 rings (SSSR count). The minimum absolute atomic E-state index is 0.165. The molecule has 2 aromatic rings. The Labute approximate surface area is 128 Å². The summed E-state index contributed by atoms with van der Waals surface area (Å²) in [4.78, 5) is 37.1. The highest BCUT2D eigenvalue weighted by atomic mass is 79.9. The van der Waals surface area contributed by atoms with Gasteiger partial charge in [-0.15, -0.1) is 0 Å². The van der Waals surface area contributed by atoms with Crippen LogP contribution in [0.4, 0.5) is 0 Å². The minimum atomic E-state index is -0.392. The molecule has 0 N–H and O–H groups in total. The maximum atomic E-state index is 12.3. The standard InChI is InChI=1S/C15H10BrNO4/c1-17-13(18)7-8-2-3-9(6-10(8)15(17)20)14(19)11-4-5-12(16)21-11/h2-6H,7H2,1H3. The summed E-state index contributed by atoms with van der Waals surface area (Å²) in [6, 6.07) is 7.94. The number of hydrogen-bond donors (Lipinski definition) is 0. The second kappa shape index (κ2) is 4.96. The Hall–Kier alpha value is -2.21. The van der Waals surface area contributed by atoms with Crippen molar-refractivity contribution in [1.82, 2.24) is 4.90 Å². The van der Waals surface area contributed by atoms with Gasteiger partial charge in [0.2, 0.25) is 11.7 Å². The number of benzene rings is 1. The van der Waals surface area contributed by atoms with Gasteiger partial charge >= 0.3 is 0 Å². The number of imide groups is 1. The predicted octanol–water partition coefficient (Wildman–Crippen LogP) is 2.43. The molecule has 5 nitrogen and oxygen atoms in total. The zero-order valence-electron chi connectivity index (χ0n) is 11.1. The van der Waals surface area contributed by atoms with Gasteiger partial charge < -0.3 is 4.42 Å². The third kappa shape index (κ3) is 2.31. The number of rotatable bonds is 2. The lowest BCUT2D eigenvalue weighted by Crippen LogP contribution is -2.39. The highest BCUT2D eigenvalue weighted by molar-refractivity contribution is 9.10. The van der Waals surface area contributed by atoms with Crippen molar-refractivity contribution in [3.05, 3.63) is 57.5 Å². The van der Waals surface area contributed by atoms with Crippen molar-refractivity contribution in [2.24, 2.45) is 0 Å². The normalized spacial score (nSPS) is 14.3. The first-order valence-electron chi connectivity index (χ1n) is 6.21. The average molecular weight is 348 g/mol. The van der Waals surface area contributed by atoms with Gasteiger partial charge in [0.1, 0.15) is 0 Å². The topological polar surface area (TPSA) is 67.6 Å². The Kier molecular flexibility index (Phi) is 3.25. The van der Waals surface area contributed by atoms with Gasteiger partial charge in [-0.3, -0.25) is 19.3 Å². The monoisotopic (exact) mass is 347 g/mol. The van der Waals surface area contributed by atoms with Crippen LogP contribution in [0.1, 0.15) is 32.0 Å². The van der Waals surface area contributed by atoms with Gasteiger partial charge in [-0.05, 0) is 39.7 Å². The second-order valence-electron chi connectivity index (χ2n) is 4.74. The maximum Gasteiger partial charge on any atom is 0.260 e. The van der Waals surface area contributed by atoms with Gasteiger partial charge in [0, 0.05) is 18.2 Å². The number of hydrogen-bond acceptors (Lipinski definition) is 4. The predicted molar refractivity (Wildman–Crippen MR) is 77.1 cm³/mol. The number of likely N-dealkylation sites (N-methyl/N-ethyl adjacent to an activating group) is 1. The largest absolute Gasteiger partial charge is 0.446 e. The quantitative estimate of drug-likeness (QED) is 0.618. The summed E-state index contributed by atoms with van der Waals surface area (Å²) in [5.41, 5.74) is 1.38. The van der Waals surface area contributed by atoms with E-state index >= 15 is 0 Å². The van der Waals surface area contributed by atoms with Gasteiger partial charge in [0.15, 0.2) is 10.4 Å². The van der Waals surface area contributed by atoms with Crippen molar-refractivity contribution in [1.29, 1.82) is 0 Å². The van der Waals surface area contributed by atoms with E-state index in [4.69, 9.17) is 4.42 Å². The molecule has 1 aliphatic heterocycles. The minimum Gasteiger partial charge on any atom is -0.446 e. The van der Waals surface area contributed by atoms with E-state index in [1.165, 1.54) is 13.1 Å². The van der Waals surface area contributed by atoms with E-state index in [9.17, 15) is 14.4 Å². The van der Waals surface area contributed by atoms with Crippen LogP contribution in [0.3, 0.4) is 0 Å². The van der Waals surface area contributed by atoms with Crippen LogP contribution in [0, 0.1) is 0 Å². The lowest BCUT2D eigenvalue weighted by Gasteiger charge is -2.23. The van der Waals surface area contributed by atoms with Crippen molar-refractivity contribution in [3.63, 3.8) is 0 Å². The molecule has 0 saturated carbocycles. The first kappa shape index (κ1) is 13.8. The van der Waals surface area contributed by atoms with Gasteiger partial charge in [-0.25, -0.2) is 0 Å². The number of carbonyl (C=O) groups excluding carboxylic acids is 3. The fraction of sp³-hybridized carbons (Fsp3) is 0.133. The van der Waals surface area contributed by atoms with Crippen LogP contribution < -0.4 is 0 Å². The molecule has 0 radical (unpaired) electrons. The second-order valence-corrected chi connectivity index (χ2v) is 5.52. The number of nitrogens with zero attached hydrogens (tertiary/aromatic N) is 1. The molecule has 0 fully saturated rings. The van der Waals surface area contributed by atoms with Crippen molar-refractivity contribution in [2.45, 2.75) is 6.42 Å². The molecule has 2 amide bonds. The van der Waals surface area contributed by atoms with E-state index in [1.807, 2.05) is 0 Å². The summed E-state index contributed by atoms with van der Waals surface area (Å²) in [6.07, 6.45) is 0.165. The van der Waals surface area contributed by atoms with Crippen LogP contribution in [0.5, 0.6) is 0 Å². The molecule has 0 spiro atoms. The Morgan fingerprint density at radius 2 is 2.00 bits per heavy atom. The Morgan fingerprint density at radius 3 is 2.67 bits per heavy atom. The fourth-order valence-electron chi connectivity index (χ4n) is 2.22. The molecule has 106 valence electrons. The third-order valence-electron chi connectivity index (χ3n) is 3.42. The van der Waals surface area contributed by atoms with Gasteiger partial charge in [-0.2, -0.15) is 0 Å². The smallest absolute Gasteiger partial charge is 0.260 e. The summed E-state index contributed by atoms with van der Waals surface area (Å²) in [6.45, 7) is 0. The van der Waals surface area contributed by atoms with Crippen LogP contribution >= 0.6 is 15.9 Å². The first-order valence-corrected chi connectivity index (χ1v) is 7.00. The molecule has 2 heterocycles. The summed E-state index contributed by atoms with van der Waals surface area (Å²) in [5, 5.41) is 0. The number of amides is 2. The van der Waals surface area contributed by atoms with E-state index in [2.05, 4.69) is 15.9 Å². The molecule has 1 aliphatic rings. The number of fused-ring (bicyclic) bond motifs is 1. The zero-order valence-corrected chi connectivity index (χ0v) is 12.6. The fourth-order valence-corrected chi connectivity index (χ4v) is 2.53. The molecule has 1 aromatic carbocycles. The van der Waals surface area contributed by atoms with Crippen molar-refractivity contribution in [3.8, 4) is 0 Å². The van der Waals surface area contributed by atoms with E-state index in [0.29, 0.717) is 21.4 Å². The van der Waals surface area contributed by atoms with E-state index < -0.39 is 5.91 Å². The van der Waals surface area contributed by atoms with Crippen LogP contribution in [0.2, 0.25) is 0 Å². The molecule has 0 saturated heterocycles. The summed E-state index contributed by atoms with van der Waals surface area (Å²) < 4.78 is 5.69. The van der Waals surface area contributed by atoms with Crippen LogP contribution in [-0.2, 0) is 11.2 Å². The number of furan rings is 1. The number of halogens is 1. The van der Waals surface area contributed by atoms with Crippen molar-refractivity contribution >= 4 is 33.5 Å². The van der Waals surface area contributed by atoms with Crippen molar-refractivity contribution in [2.75, 3.05) is 7.05 Å². The Balaban J connectivity index is 2.02. The van der Waals surface area contributed by atoms with Gasteiger partial charge in [0.05, 0.1) is 6.42 Å². The molecule has 0 bridgehead atoms. The van der Waals surface area contributed by atoms with Gasteiger partial charge in [-0.1, -0.05) is 12.1 Å². The van der Waals surface area contributed by atoms with Crippen LogP contribution in [0.25, 0.3) is 0 Å². The summed E-state index contributed by atoms with van der Waals surface area (Å²) >= 11 is 3.14. The molecular weight excluding hydrogens is 338 g/mol. The third-order valence-corrected chi connectivity index (χ3v) is 3.85.